The second kappa shape index (κ2) is 5.60. The van der Waals surface area contributed by atoms with E-state index in [0.29, 0.717) is 12.4 Å². The van der Waals surface area contributed by atoms with Crippen molar-refractivity contribution < 1.29 is 4.74 Å². The molecular weight excluding hydrogens is 226 g/mol. The topological polar surface area (TPSA) is 47.0 Å². The minimum atomic E-state index is 0.411. The predicted octanol–water partition coefficient (Wildman–Crippen LogP) is 2.64. The van der Waals surface area contributed by atoms with E-state index in [0.717, 1.165) is 17.1 Å². The zero-order chi connectivity index (χ0) is 13.0. The van der Waals surface area contributed by atoms with Crippen LogP contribution in [0.1, 0.15) is 11.4 Å². The van der Waals surface area contributed by atoms with Crippen LogP contribution in [0.2, 0.25) is 0 Å². The summed E-state index contributed by atoms with van der Waals surface area (Å²) in [7, 11) is 3.48. The number of hydrogen-bond acceptors (Lipinski definition) is 4. The Morgan fingerprint density at radius 3 is 2.50 bits per heavy atom. The van der Waals surface area contributed by atoms with Crippen LogP contribution in [0.15, 0.2) is 30.3 Å². The lowest BCUT2D eigenvalue weighted by molar-refractivity contribution is 0.178. The first-order valence-corrected chi connectivity index (χ1v) is 5.84. The molecule has 0 atom stereocenters. The number of nitrogens with zero attached hydrogens (tertiary/aromatic N) is 2. The maximum Gasteiger partial charge on any atom is 0.157 e. The number of ether oxygens (including phenoxy) is 1. The molecule has 0 aliphatic carbocycles. The van der Waals surface area contributed by atoms with Gasteiger partial charge in [0.2, 0.25) is 0 Å². The van der Waals surface area contributed by atoms with E-state index in [-0.39, 0.29) is 0 Å². The highest BCUT2D eigenvalue weighted by molar-refractivity contribution is 5.62. The van der Waals surface area contributed by atoms with Gasteiger partial charge in [-0.05, 0) is 6.92 Å². The monoisotopic (exact) mass is 243 g/mol. The average Bonchev–Trinajstić information content (AvgIpc) is 2.39. The van der Waals surface area contributed by atoms with E-state index in [1.165, 1.54) is 5.56 Å². The second-order valence-corrected chi connectivity index (χ2v) is 4.10. The Morgan fingerprint density at radius 2 is 1.89 bits per heavy atom. The third-order valence-electron chi connectivity index (χ3n) is 2.65. The standard InChI is InChI=1S/C14H17N3O/c1-10-4-6-11(7-5-10)12-8-13(15-2)17-14(16-12)9-18-3/h4-8H,9H2,1-3H3,(H,15,16,17). The number of aromatic nitrogens is 2. The number of anilines is 1. The molecular formula is C14H17N3O. The minimum absolute atomic E-state index is 0.411. The van der Waals surface area contributed by atoms with Crippen LogP contribution in [0.5, 0.6) is 0 Å². The van der Waals surface area contributed by atoms with Gasteiger partial charge in [-0.3, -0.25) is 0 Å². The molecule has 4 heteroatoms. The maximum atomic E-state index is 5.08. The largest absolute Gasteiger partial charge is 0.377 e. The van der Waals surface area contributed by atoms with Crippen LogP contribution >= 0.6 is 0 Å². The van der Waals surface area contributed by atoms with Crippen molar-refractivity contribution in [3.8, 4) is 11.3 Å². The quantitative estimate of drug-likeness (QED) is 0.896. The van der Waals surface area contributed by atoms with Crippen molar-refractivity contribution in [1.29, 1.82) is 0 Å². The highest BCUT2D eigenvalue weighted by Crippen LogP contribution is 2.20. The third-order valence-corrected chi connectivity index (χ3v) is 2.65. The van der Waals surface area contributed by atoms with E-state index in [4.69, 9.17) is 4.74 Å². The van der Waals surface area contributed by atoms with Crippen LogP contribution in [0.3, 0.4) is 0 Å². The molecule has 0 fully saturated rings. The first-order chi connectivity index (χ1) is 8.72. The summed E-state index contributed by atoms with van der Waals surface area (Å²) in [5, 5.41) is 3.04. The molecule has 2 rings (SSSR count). The molecule has 1 aromatic carbocycles. The molecule has 1 N–H and O–H groups in total. The molecule has 0 amide bonds. The normalized spacial score (nSPS) is 10.4. The molecule has 94 valence electrons. The number of aryl methyl sites for hydroxylation is 1. The van der Waals surface area contributed by atoms with E-state index in [2.05, 4.69) is 46.5 Å². The van der Waals surface area contributed by atoms with E-state index in [1.54, 1.807) is 7.11 Å². The SMILES string of the molecule is CNc1cc(-c2ccc(C)cc2)nc(COC)n1. The third kappa shape index (κ3) is 2.84. The lowest BCUT2D eigenvalue weighted by atomic mass is 10.1. The number of hydrogen-bond donors (Lipinski definition) is 1. The molecule has 0 saturated carbocycles. The zero-order valence-electron chi connectivity index (χ0n) is 10.9. The summed E-state index contributed by atoms with van der Waals surface area (Å²) in [6.45, 7) is 2.48. The molecule has 18 heavy (non-hydrogen) atoms. The molecule has 0 spiro atoms. The Labute approximate surface area is 107 Å². The van der Waals surface area contributed by atoms with Gasteiger partial charge in [0.25, 0.3) is 0 Å². The van der Waals surface area contributed by atoms with Crippen molar-refractivity contribution in [2.45, 2.75) is 13.5 Å². The molecule has 1 heterocycles. The summed E-state index contributed by atoms with van der Waals surface area (Å²) in [5.74, 6) is 1.48. The number of nitrogens with one attached hydrogen (secondary N) is 1. The molecule has 1 aromatic heterocycles. The van der Waals surface area contributed by atoms with E-state index in [9.17, 15) is 0 Å². The minimum Gasteiger partial charge on any atom is -0.377 e. The zero-order valence-corrected chi connectivity index (χ0v) is 10.9. The van der Waals surface area contributed by atoms with Gasteiger partial charge in [-0.25, -0.2) is 9.97 Å². The maximum absolute atomic E-state index is 5.08. The number of methoxy groups -OCH3 is 1. The molecule has 0 saturated heterocycles. The van der Waals surface area contributed by atoms with Crippen molar-refractivity contribution in [1.82, 2.24) is 9.97 Å². The summed E-state index contributed by atoms with van der Waals surface area (Å²) in [6.07, 6.45) is 0. The van der Waals surface area contributed by atoms with Gasteiger partial charge >= 0.3 is 0 Å². The van der Waals surface area contributed by atoms with Crippen LogP contribution < -0.4 is 5.32 Å². The Bertz CT molecular complexity index is 523. The van der Waals surface area contributed by atoms with Crippen molar-refractivity contribution >= 4 is 5.82 Å². The Hall–Kier alpha value is -1.94. The van der Waals surface area contributed by atoms with Crippen molar-refractivity contribution in [3.63, 3.8) is 0 Å². The first-order valence-electron chi connectivity index (χ1n) is 5.84. The predicted molar refractivity (Wildman–Crippen MR) is 72.5 cm³/mol. The highest BCUT2D eigenvalue weighted by atomic mass is 16.5. The van der Waals surface area contributed by atoms with Gasteiger partial charge in [-0.15, -0.1) is 0 Å². The Kier molecular flexibility index (Phi) is 3.89. The second-order valence-electron chi connectivity index (χ2n) is 4.10. The summed E-state index contributed by atoms with van der Waals surface area (Å²) in [6, 6.07) is 10.2. The molecule has 0 bridgehead atoms. The fourth-order valence-electron chi connectivity index (χ4n) is 1.69. The summed E-state index contributed by atoms with van der Waals surface area (Å²) < 4.78 is 5.08. The number of rotatable bonds is 4. The fraction of sp³-hybridized carbons (Fsp3) is 0.286. The van der Waals surface area contributed by atoms with Gasteiger partial charge in [-0.2, -0.15) is 0 Å². The molecule has 0 radical (unpaired) electrons. The van der Waals surface area contributed by atoms with Gasteiger partial charge in [0.15, 0.2) is 5.82 Å². The van der Waals surface area contributed by atoms with Gasteiger partial charge < -0.3 is 10.1 Å². The van der Waals surface area contributed by atoms with Crippen LogP contribution in [-0.2, 0) is 11.3 Å². The van der Waals surface area contributed by atoms with Crippen LogP contribution in [0, 0.1) is 6.92 Å². The van der Waals surface area contributed by atoms with Gasteiger partial charge in [-0.1, -0.05) is 29.8 Å². The summed E-state index contributed by atoms with van der Waals surface area (Å²) in [4.78, 5) is 8.83. The smallest absolute Gasteiger partial charge is 0.157 e. The highest BCUT2D eigenvalue weighted by Gasteiger charge is 2.05. The van der Waals surface area contributed by atoms with Gasteiger partial charge in [0.05, 0.1) is 5.69 Å². The van der Waals surface area contributed by atoms with Crippen LogP contribution in [-0.4, -0.2) is 24.1 Å². The van der Waals surface area contributed by atoms with E-state index < -0.39 is 0 Å². The van der Waals surface area contributed by atoms with Gasteiger partial charge in [0.1, 0.15) is 12.4 Å². The Balaban J connectivity index is 2.42. The molecule has 0 aliphatic rings. The van der Waals surface area contributed by atoms with Crippen molar-refractivity contribution in [2.24, 2.45) is 0 Å². The fourth-order valence-corrected chi connectivity index (χ4v) is 1.69. The summed E-state index contributed by atoms with van der Waals surface area (Å²) >= 11 is 0. The first kappa shape index (κ1) is 12.5. The molecule has 0 aliphatic heterocycles. The molecule has 0 unspecified atom stereocenters. The van der Waals surface area contributed by atoms with Crippen molar-refractivity contribution in [2.75, 3.05) is 19.5 Å². The van der Waals surface area contributed by atoms with E-state index >= 15 is 0 Å². The lowest BCUT2D eigenvalue weighted by Crippen LogP contribution is -2.02. The Morgan fingerprint density at radius 1 is 1.17 bits per heavy atom. The molecule has 4 nitrogen and oxygen atoms in total. The van der Waals surface area contributed by atoms with E-state index in [1.807, 2.05) is 13.1 Å². The molecule has 2 aromatic rings. The van der Waals surface area contributed by atoms with Crippen LogP contribution in [0.4, 0.5) is 5.82 Å². The average molecular weight is 243 g/mol. The lowest BCUT2D eigenvalue weighted by Gasteiger charge is -2.07. The van der Waals surface area contributed by atoms with Crippen molar-refractivity contribution in [3.05, 3.63) is 41.7 Å². The number of benzene rings is 1. The summed E-state index contributed by atoms with van der Waals surface area (Å²) in [5.41, 5.74) is 3.22. The van der Waals surface area contributed by atoms with Gasteiger partial charge in [0, 0.05) is 25.8 Å². The van der Waals surface area contributed by atoms with Crippen LogP contribution in [0.25, 0.3) is 11.3 Å².